The summed E-state index contributed by atoms with van der Waals surface area (Å²) in [7, 11) is 3.39. The first kappa shape index (κ1) is 20.0. The van der Waals surface area contributed by atoms with Crippen molar-refractivity contribution in [2.24, 2.45) is 13.0 Å². The molecule has 0 amide bonds. The molecule has 0 radical (unpaired) electrons. The van der Waals surface area contributed by atoms with E-state index in [0.717, 1.165) is 34.6 Å². The first-order valence-electron chi connectivity index (χ1n) is 10.4. The Morgan fingerprint density at radius 3 is 2.53 bits per heavy atom. The molecule has 9 nitrogen and oxygen atoms in total. The Bertz CT molecular complexity index is 1220. The molecule has 32 heavy (non-hydrogen) atoms. The van der Waals surface area contributed by atoms with Crippen molar-refractivity contribution < 1.29 is 9.47 Å². The van der Waals surface area contributed by atoms with Gasteiger partial charge in [0.2, 0.25) is 11.7 Å². The molecular weight excluding hydrogens is 406 g/mol. The molecule has 0 N–H and O–H groups in total. The smallest absolute Gasteiger partial charge is 0.224 e. The standard InChI is InChI=1S/C23H23N7O2/c1-14-24-12-20(15-4-6-16(7-5-15)22-27-29-30(2)28-22)23(26-14)32-13-17-10-19(17)21-9-8-18(31-3)11-25-21/h4-9,11-12,17,19H,10,13H2,1-3H3/t17-,19+/m1/s1. The lowest BCUT2D eigenvalue weighted by molar-refractivity contribution is 0.285. The lowest BCUT2D eigenvalue weighted by Gasteiger charge is -2.11. The fourth-order valence-corrected chi connectivity index (χ4v) is 3.67. The van der Waals surface area contributed by atoms with E-state index >= 15 is 0 Å². The highest BCUT2D eigenvalue weighted by Gasteiger charge is 2.40. The number of nitrogens with zero attached hydrogens (tertiary/aromatic N) is 7. The molecule has 1 aliphatic carbocycles. The van der Waals surface area contributed by atoms with E-state index in [2.05, 4.69) is 30.4 Å². The Morgan fingerprint density at radius 2 is 1.84 bits per heavy atom. The zero-order chi connectivity index (χ0) is 22.1. The van der Waals surface area contributed by atoms with E-state index in [0.29, 0.717) is 36.0 Å². The van der Waals surface area contributed by atoms with Gasteiger partial charge in [-0.1, -0.05) is 24.3 Å². The quantitative estimate of drug-likeness (QED) is 0.441. The van der Waals surface area contributed by atoms with Gasteiger partial charge < -0.3 is 9.47 Å². The average molecular weight is 429 g/mol. The highest BCUT2D eigenvalue weighted by atomic mass is 16.5. The summed E-state index contributed by atoms with van der Waals surface area (Å²) in [6.45, 7) is 2.45. The van der Waals surface area contributed by atoms with Gasteiger partial charge in [0.15, 0.2) is 0 Å². The van der Waals surface area contributed by atoms with Gasteiger partial charge in [0, 0.05) is 29.3 Å². The third kappa shape index (κ3) is 4.14. The highest BCUT2D eigenvalue weighted by Crippen LogP contribution is 2.47. The fraction of sp³-hybridized carbons (Fsp3) is 0.304. The van der Waals surface area contributed by atoms with Crippen LogP contribution in [0.15, 0.2) is 48.8 Å². The maximum Gasteiger partial charge on any atom is 0.224 e. The summed E-state index contributed by atoms with van der Waals surface area (Å²) in [5.41, 5.74) is 3.79. The molecule has 162 valence electrons. The van der Waals surface area contributed by atoms with Gasteiger partial charge in [0.05, 0.1) is 32.5 Å². The van der Waals surface area contributed by atoms with Crippen molar-refractivity contribution in [2.45, 2.75) is 19.3 Å². The summed E-state index contributed by atoms with van der Waals surface area (Å²) >= 11 is 0. The minimum absolute atomic E-state index is 0.408. The van der Waals surface area contributed by atoms with E-state index in [4.69, 9.17) is 9.47 Å². The molecule has 1 aliphatic rings. The molecule has 1 aromatic carbocycles. The lowest BCUT2D eigenvalue weighted by Crippen LogP contribution is -2.05. The molecule has 9 heteroatoms. The Morgan fingerprint density at radius 1 is 1.03 bits per heavy atom. The van der Waals surface area contributed by atoms with Crippen molar-refractivity contribution in [3.63, 3.8) is 0 Å². The van der Waals surface area contributed by atoms with Crippen molar-refractivity contribution in [2.75, 3.05) is 13.7 Å². The zero-order valence-corrected chi connectivity index (χ0v) is 18.1. The first-order chi connectivity index (χ1) is 15.6. The summed E-state index contributed by atoms with van der Waals surface area (Å²) in [4.78, 5) is 14.9. The zero-order valence-electron chi connectivity index (χ0n) is 18.1. The van der Waals surface area contributed by atoms with Crippen LogP contribution >= 0.6 is 0 Å². The van der Waals surface area contributed by atoms with Crippen LogP contribution < -0.4 is 9.47 Å². The van der Waals surface area contributed by atoms with Crippen LogP contribution in [0.3, 0.4) is 0 Å². The molecule has 1 fully saturated rings. The van der Waals surface area contributed by atoms with Crippen molar-refractivity contribution in [1.29, 1.82) is 0 Å². The number of hydrogen-bond acceptors (Lipinski definition) is 8. The third-order valence-corrected chi connectivity index (χ3v) is 5.57. The van der Waals surface area contributed by atoms with Crippen molar-refractivity contribution in [3.05, 3.63) is 60.3 Å². The molecular formula is C23H23N7O2. The molecule has 3 aromatic heterocycles. The van der Waals surface area contributed by atoms with Crippen LogP contribution in [-0.2, 0) is 7.05 Å². The number of methoxy groups -OCH3 is 1. The predicted molar refractivity (Wildman–Crippen MR) is 117 cm³/mol. The summed E-state index contributed by atoms with van der Waals surface area (Å²) in [6.07, 6.45) is 4.62. The number of pyridine rings is 1. The second-order valence-electron chi connectivity index (χ2n) is 7.85. The molecule has 5 rings (SSSR count). The van der Waals surface area contributed by atoms with E-state index in [1.54, 1.807) is 20.4 Å². The number of tetrazole rings is 1. The van der Waals surface area contributed by atoms with Crippen molar-refractivity contribution in [3.8, 4) is 34.1 Å². The van der Waals surface area contributed by atoms with E-state index in [9.17, 15) is 0 Å². The van der Waals surface area contributed by atoms with Crippen molar-refractivity contribution in [1.82, 2.24) is 35.2 Å². The molecule has 1 saturated carbocycles. The third-order valence-electron chi connectivity index (χ3n) is 5.57. The van der Waals surface area contributed by atoms with Gasteiger partial charge in [0.25, 0.3) is 0 Å². The molecule has 0 spiro atoms. The fourth-order valence-electron chi connectivity index (χ4n) is 3.67. The number of benzene rings is 1. The Labute approximate surface area is 185 Å². The maximum atomic E-state index is 6.17. The molecule has 0 saturated heterocycles. The van der Waals surface area contributed by atoms with E-state index in [-0.39, 0.29) is 0 Å². The normalized spacial score (nSPS) is 17.2. The van der Waals surface area contributed by atoms with Gasteiger partial charge in [-0.05, 0) is 36.3 Å². The Kier molecular flexibility index (Phi) is 5.22. The second kappa shape index (κ2) is 8.33. The van der Waals surface area contributed by atoms with Crippen LogP contribution in [0.25, 0.3) is 22.5 Å². The van der Waals surface area contributed by atoms with E-state index in [1.165, 1.54) is 4.80 Å². The van der Waals surface area contributed by atoms with Gasteiger partial charge in [-0.3, -0.25) is 4.98 Å². The SMILES string of the molecule is COc1ccc([C@H]2C[C@@H]2COc2nc(C)ncc2-c2ccc(-c3nnn(C)n3)cc2)nc1. The second-order valence-corrected chi connectivity index (χ2v) is 7.85. The van der Waals surface area contributed by atoms with Crippen LogP contribution in [0.4, 0.5) is 0 Å². The largest absolute Gasteiger partial charge is 0.495 e. The Hall–Kier alpha value is -3.88. The van der Waals surface area contributed by atoms with E-state index < -0.39 is 0 Å². The van der Waals surface area contributed by atoms with Crippen molar-refractivity contribution >= 4 is 0 Å². The van der Waals surface area contributed by atoms with Crippen LogP contribution in [0.5, 0.6) is 11.6 Å². The van der Waals surface area contributed by atoms with Gasteiger partial charge in [-0.15, -0.1) is 10.2 Å². The number of ether oxygens (including phenoxy) is 2. The lowest BCUT2D eigenvalue weighted by atomic mass is 10.1. The van der Waals surface area contributed by atoms with E-state index in [1.807, 2.05) is 49.5 Å². The number of rotatable bonds is 7. The molecule has 0 bridgehead atoms. The number of aryl methyl sites for hydroxylation is 2. The molecule has 3 heterocycles. The topological polar surface area (TPSA) is 101 Å². The maximum absolute atomic E-state index is 6.17. The monoisotopic (exact) mass is 429 g/mol. The minimum Gasteiger partial charge on any atom is -0.495 e. The number of aromatic nitrogens is 7. The predicted octanol–water partition coefficient (Wildman–Crippen LogP) is 3.23. The van der Waals surface area contributed by atoms with Crippen LogP contribution in [0.2, 0.25) is 0 Å². The van der Waals surface area contributed by atoms with Gasteiger partial charge >= 0.3 is 0 Å². The summed E-state index contributed by atoms with van der Waals surface area (Å²) in [5.74, 6) is 3.45. The molecule has 0 unspecified atom stereocenters. The molecule has 4 aromatic rings. The van der Waals surface area contributed by atoms with Gasteiger partial charge in [-0.25, -0.2) is 4.98 Å². The van der Waals surface area contributed by atoms with Gasteiger partial charge in [0.1, 0.15) is 11.6 Å². The summed E-state index contributed by atoms with van der Waals surface area (Å²) in [5, 5.41) is 12.2. The minimum atomic E-state index is 0.408. The molecule has 0 aliphatic heterocycles. The first-order valence-corrected chi connectivity index (χ1v) is 10.4. The van der Waals surface area contributed by atoms with Crippen LogP contribution in [0, 0.1) is 12.8 Å². The van der Waals surface area contributed by atoms with Crippen LogP contribution in [0.1, 0.15) is 23.9 Å². The average Bonchev–Trinajstić information content (AvgIpc) is 3.48. The van der Waals surface area contributed by atoms with Crippen LogP contribution in [-0.4, -0.2) is 48.9 Å². The Balaban J connectivity index is 1.29. The highest BCUT2D eigenvalue weighted by molar-refractivity contribution is 5.70. The molecule has 2 atom stereocenters. The number of hydrogen-bond donors (Lipinski definition) is 0. The summed E-state index contributed by atoms with van der Waals surface area (Å²) < 4.78 is 11.4. The summed E-state index contributed by atoms with van der Waals surface area (Å²) in [6, 6.07) is 11.9. The van der Waals surface area contributed by atoms with Gasteiger partial charge in [-0.2, -0.15) is 9.78 Å².